The van der Waals surface area contributed by atoms with Crippen LogP contribution in [0.3, 0.4) is 0 Å². The Morgan fingerprint density at radius 3 is 2.52 bits per heavy atom. The van der Waals surface area contributed by atoms with E-state index in [1.807, 2.05) is 33.9 Å². The smallest absolute Gasteiger partial charge is 0.341 e. The molecule has 0 spiro atoms. The summed E-state index contributed by atoms with van der Waals surface area (Å²) in [5.41, 5.74) is 0.190. The van der Waals surface area contributed by atoms with Crippen molar-refractivity contribution in [1.82, 2.24) is 0 Å². The zero-order valence-corrected chi connectivity index (χ0v) is 15.2. The van der Waals surface area contributed by atoms with Crippen LogP contribution >= 0.6 is 0 Å². The van der Waals surface area contributed by atoms with Crippen molar-refractivity contribution < 1.29 is 18.2 Å². The quantitative estimate of drug-likeness (QED) is 0.676. The molecule has 2 N–H and O–H groups in total. The summed E-state index contributed by atoms with van der Waals surface area (Å²) in [6, 6.07) is 1.34. The summed E-state index contributed by atoms with van der Waals surface area (Å²) in [5.74, 6) is -0.532. The van der Waals surface area contributed by atoms with Gasteiger partial charge in [-0.1, -0.05) is 20.8 Å². The maximum atomic E-state index is 12.6. The van der Waals surface area contributed by atoms with Crippen LogP contribution in [-0.4, -0.2) is 25.0 Å². The van der Waals surface area contributed by atoms with E-state index in [0.29, 0.717) is 0 Å². The lowest BCUT2D eigenvalue weighted by atomic mass is 10.2. The van der Waals surface area contributed by atoms with E-state index in [1.165, 1.54) is 12.3 Å². The van der Waals surface area contributed by atoms with Crippen LogP contribution in [-0.2, 0) is 14.7 Å². The number of rotatable bonds is 4. The summed E-state index contributed by atoms with van der Waals surface area (Å²) >= 11 is 0. The fourth-order valence-electron chi connectivity index (χ4n) is 1.31. The minimum absolute atomic E-state index is 0.00961. The van der Waals surface area contributed by atoms with Gasteiger partial charge in [0.2, 0.25) is 5.09 Å². The second-order valence-corrected chi connectivity index (χ2v) is 13.2. The molecule has 0 aliphatic heterocycles. The van der Waals surface area contributed by atoms with Gasteiger partial charge in [-0.15, -0.1) is 0 Å². The van der Waals surface area contributed by atoms with Gasteiger partial charge < -0.3 is 9.15 Å². The van der Waals surface area contributed by atoms with Gasteiger partial charge in [0, 0.05) is 6.07 Å². The van der Waals surface area contributed by atoms with E-state index in [-0.39, 0.29) is 22.3 Å². The predicted octanol–water partition coefficient (Wildman–Crippen LogP) is 3.16. The Bertz CT molecular complexity index is 637. The lowest BCUT2D eigenvalue weighted by Crippen LogP contribution is -2.37. The molecule has 1 atom stereocenters. The Morgan fingerprint density at radius 1 is 1.48 bits per heavy atom. The molecule has 1 aromatic heterocycles. The highest BCUT2D eigenvalue weighted by molar-refractivity contribution is 7.92. The average molecular weight is 332 g/mol. The zero-order chi connectivity index (χ0) is 16.5. The summed E-state index contributed by atoms with van der Waals surface area (Å²) in [6.45, 7) is 12.1. The van der Waals surface area contributed by atoms with Crippen molar-refractivity contribution in [2.75, 3.05) is 6.61 Å². The number of hydrogen-bond donors (Lipinski definition) is 1. The number of carbonyl (C=O) groups is 1. The molecule has 1 unspecified atom stereocenters. The number of hydrogen-bond acceptors (Lipinski definition) is 5. The molecule has 0 aliphatic rings. The molecule has 0 fully saturated rings. The summed E-state index contributed by atoms with van der Waals surface area (Å²) in [7, 11) is -5.37. The Morgan fingerprint density at radius 2 is 2.05 bits per heavy atom. The van der Waals surface area contributed by atoms with Crippen LogP contribution < -0.4 is 5.14 Å². The molecule has 1 heterocycles. The molecular weight excluding hydrogens is 308 g/mol. The molecule has 0 bridgehead atoms. The Kier molecular flexibility index (Phi) is 5.07. The fourth-order valence-corrected chi connectivity index (χ4v) is 5.96. The molecule has 0 radical (unpaired) electrons. The van der Waals surface area contributed by atoms with Crippen molar-refractivity contribution >= 4 is 24.1 Å². The van der Waals surface area contributed by atoms with E-state index in [0.717, 1.165) is 0 Å². The molecule has 1 rings (SSSR count). The number of furan rings is 1. The standard InChI is InChI=1S/C13H24N2O4SSi/c1-7-18-12(16)10-8-11(19-9-10)20(14,17)15-21(5,6)13(2,3)4/h8-9H,7H2,1-6H3,(H2,14,15,17). The first-order valence-corrected chi connectivity index (χ1v) is 11.2. The highest BCUT2D eigenvalue weighted by Gasteiger charge is 2.37. The Hall–Kier alpha value is -1.12. The maximum Gasteiger partial charge on any atom is 0.341 e. The molecule has 1 aromatic rings. The monoisotopic (exact) mass is 332 g/mol. The molecule has 21 heavy (non-hydrogen) atoms. The van der Waals surface area contributed by atoms with Crippen LogP contribution in [0.2, 0.25) is 18.1 Å². The van der Waals surface area contributed by atoms with Gasteiger partial charge in [-0.25, -0.2) is 14.1 Å². The first-order valence-electron chi connectivity index (χ1n) is 6.72. The van der Waals surface area contributed by atoms with Crippen molar-refractivity contribution in [2.45, 2.75) is 50.9 Å². The number of nitrogens with two attached hydrogens (primary N) is 1. The summed E-state index contributed by atoms with van der Waals surface area (Å²) in [5, 5.41) is 5.78. The third kappa shape index (κ3) is 4.18. The Labute approximate surface area is 127 Å². The van der Waals surface area contributed by atoms with Crippen molar-refractivity contribution in [2.24, 2.45) is 9.17 Å². The van der Waals surface area contributed by atoms with Crippen LogP contribution in [0.15, 0.2) is 25.9 Å². The zero-order valence-electron chi connectivity index (χ0n) is 13.4. The van der Waals surface area contributed by atoms with Crippen LogP contribution in [0.4, 0.5) is 0 Å². The number of nitrogens with zero attached hydrogens (tertiary/aromatic N) is 1. The van der Waals surface area contributed by atoms with E-state index in [2.05, 4.69) is 4.03 Å². The molecule has 0 saturated heterocycles. The van der Waals surface area contributed by atoms with Crippen LogP contribution in [0.25, 0.3) is 0 Å². The molecule has 8 heteroatoms. The molecule has 0 amide bonds. The van der Waals surface area contributed by atoms with Gasteiger partial charge in [0.1, 0.15) is 6.26 Å². The first-order chi connectivity index (χ1) is 9.40. The predicted molar refractivity (Wildman–Crippen MR) is 84.9 cm³/mol. The SMILES string of the molecule is CCOC(=O)c1coc(S(N)(=O)=N[Si](C)(C)C(C)(C)C)c1. The van der Waals surface area contributed by atoms with E-state index >= 15 is 0 Å². The van der Waals surface area contributed by atoms with Gasteiger partial charge in [0.05, 0.1) is 12.2 Å². The van der Waals surface area contributed by atoms with Gasteiger partial charge in [0.25, 0.3) is 0 Å². The largest absolute Gasteiger partial charge is 0.462 e. The van der Waals surface area contributed by atoms with Gasteiger partial charge in [-0.05, 0) is 25.1 Å². The van der Waals surface area contributed by atoms with E-state index < -0.39 is 24.1 Å². The topological polar surface area (TPSA) is 94.9 Å². The maximum absolute atomic E-state index is 12.6. The second-order valence-electron chi connectivity index (χ2n) is 6.34. The van der Waals surface area contributed by atoms with Gasteiger partial charge in [-0.2, -0.15) is 0 Å². The van der Waals surface area contributed by atoms with Crippen molar-refractivity contribution in [3.8, 4) is 0 Å². The number of esters is 1. The second kappa shape index (κ2) is 5.94. The summed E-state index contributed by atoms with van der Waals surface area (Å²) in [6.07, 6.45) is 1.20. The van der Waals surface area contributed by atoms with Crippen LogP contribution in [0.1, 0.15) is 38.1 Å². The van der Waals surface area contributed by atoms with Crippen molar-refractivity contribution in [3.05, 3.63) is 17.9 Å². The number of carbonyl (C=O) groups excluding carboxylic acids is 1. The molecule has 0 saturated carbocycles. The molecule has 120 valence electrons. The van der Waals surface area contributed by atoms with Gasteiger partial charge >= 0.3 is 5.97 Å². The minimum atomic E-state index is -3.17. The highest BCUT2D eigenvalue weighted by Crippen LogP contribution is 2.37. The molecular formula is C13H24N2O4SSi. The van der Waals surface area contributed by atoms with Crippen LogP contribution in [0, 0.1) is 0 Å². The van der Waals surface area contributed by atoms with Gasteiger partial charge in [0.15, 0.2) is 18.2 Å². The highest BCUT2D eigenvalue weighted by atomic mass is 32.2. The first kappa shape index (κ1) is 17.9. The molecule has 0 aliphatic carbocycles. The van der Waals surface area contributed by atoms with E-state index in [1.54, 1.807) is 6.92 Å². The van der Waals surface area contributed by atoms with Crippen molar-refractivity contribution in [1.29, 1.82) is 0 Å². The summed E-state index contributed by atoms with van der Waals surface area (Å²) < 4.78 is 27.1. The van der Waals surface area contributed by atoms with Crippen molar-refractivity contribution in [3.63, 3.8) is 0 Å². The fraction of sp³-hybridized carbons (Fsp3) is 0.615. The Balaban J connectivity index is 3.21. The lowest BCUT2D eigenvalue weighted by molar-refractivity contribution is 0.0525. The molecule has 0 aromatic carbocycles. The van der Waals surface area contributed by atoms with Crippen LogP contribution in [0.5, 0.6) is 0 Å². The third-order valence-corrected chi connectivity index (χ3v) is 10.9. The third-order valence-electron chi connectivity index (χ3n) is 3.57. The van der Waals surface area contributed by atoms with Gasteiger partial charge in [-0.3, -0.25) is 4.03 Å². The summed E-state index contributed by atoms with van der Waals surface area (Å²) in [4.78, 5) is 11.6. The average Bonchev–Trinajstić information content (AvgIpc) is 2.76. The number of ether oxygens (including phenoxy) is 1. The van der Waals surface area contributed by atoms with E-state index in [9.17, 15) is 9.00 Å². The minimum Gasteiger partial charge on any atom is -0.462 e. The lowest BCUT2D eigenvalue weighted by Gasteiger charge is -2.32. The molecule has 6 nitrogen and oxygen atoms in total. The van der Waals surface area contributed by atoms with E-state index in [4.69, 9.17) is 14.3 Å². The normalized spacial score (nSPS) is 15.4.